The van der Waals surface area contributed by atoms with Gasteiger partial charge in [-0.15, -0.1) is 0 Å². The predicted octanol–water partition coefficient (Wildman–Crippen LogP) is 0.889. The summed E-state index contributed by atoms with van der Waals surface area (Å²) in [5.41, 5.74) is 0. The van der Waals surface area contributed by atoms with Gasteiger partial charge >= 0.3 is 12.1 Å². The lowest BCUT2D eigenvalue weighted by Gasteiger charge is -2.05. The molecule has 0 rings (SSSR count). The Morgan fingerprint density at radius 1 is 1.50 bits per heavy atom. The number of hydrogen-bond acceptors (Lipinski definition) is 1. The lowest BCUT2D eigenvalue weighted by Crippen LogP contribution is -2.37. The van der Waals surface area contributed by atoms with Crippen LogP contribution in [0, 0.1) is 6.92 Å². The number of amides is 1. The van der Waals surface area contributed by atoms with E-state index in [-0.39, 0.29) is 13.0 Å². The SMILES string of the molecule is [CH2]CCNC(=O)C(F)(F)F. The predicted molar refractivity (Wildman–Crippen MR) is 29.0 cm³/mol. The van der Waals surface area contributed by atoms with Crippen LogP contribution in [0.25, 0.3) is 0 Å². The van der Waals surface area contributed by atoms with Crippen LogP contribution in [0.5, 0.6) is 0 Å². The van der Waals surface area contributed by atoms with E-state index in [1.807, 2.05) is 0 Å². The summed E-state index contributed by atoms with van der Waals surface area (Å²) in [6, 6.07) is 0. The molecule has 5 heteroatoms. The number of carbonyl (C=O) groups is 1. The molecule has 0 saturated carbocycles. The topological polar surface area (TPSA) is 29.1 Å². The molecule has 0 atom stereocenters. The first-order valence-corrected chi connectivity index (χ1v) is 2.62. The lowest BCUT2D eigenvalue weighted by atomic mass is 10.4. The molecule has 0 aliphatic carbocycles. The van der Waals surface area contributed by atoms with Crippen molar-refractivity contribution in [2.24, 2.45) is 0 Å². The Labute approximate surface area is 56.4 Å². The molecule has 0 bridgehead atoms. The van der Waals surface area contributed by atoms with E-state index >= 15 is 0 Å². The zero-order valence-corrected chi connectivity index (χ0v) is 5.16. The minimum atomic E-state index is -4.77. The molecule has 0 aromatic carbocycles. The largest absolute Gasteiger partial charge is 0.471 e. The smallest absolute Gasteiger partial charge is 0.348 e. The molecule has 0 aliphatic heterocycles. The van der Waals surface area contributed by atoms with Gasteiger partial charge in [0.1, 0.15) is 0 Å². The summed E-state index contributed by atoms with van der Waals surface area (Å²) >= 11 is 0. The van der Waals surface area contributed by atoms with Gasteiger partial charge in [0.2, 0.25) is 0 Å². The number of halogens is 3. The average Bonchev–Trinajstić information content (AvgIpc) is 1.80. The van der Waals surface area contributed by atoms with Gasteiger partial charge in [0, 0.05) is 6.54 Å². The van der Waals surface area contributed by atoms with Crippen LogP contribution in [0.2, 0.25) is 0 Å². The summed E-state index contributed by atoms with van der Waals surface area (Å²) in [6.07, 6.45) is -4.52. The van der Waals surface area contributed by atoms with Crippen molar-refractivity contribution in [3.05, 3.63) is 6.92 Å². The highest BCUT2D eigenvalue weighted by molar-refractivity contribution is 5.81. The van der Waals surface area contributed by atoms with Crippen molar-refractivity contribution >= 4 is 5.91 Å². The van der Waals surface area contributed by atoms with Gasteiger partial charge in [0.15, 0.2) is 0 Å². The van der Waals surface area contributed by atoms with Crippen LogP contribution in [0.1, 0.15) is 6.42 Å². The van der Waals surface area contributed by atoms with E-state index in [1.165, 1.54) is 0 Å². The highest BCUT2D eigenvalue weighted by atomic mass is 19.4. The van der Waals surface area contributed by atoms with Crippen LogP contribution in [0.3, 0.4) is 0 Å². The molecule has 59 valence electrons. The molecular weight excluding hydrogens is 147 g/mol. The summed E-state index contributed by atoms with van der Waals surface area (Å²) in [7, 11) is 0. The highest BCUT2D eigenvalue weighted by Crippen LogP contribution is 2.13. The quantitative estimate of drug-likeness (QED) is 0.628. The molecular formula is C5H7F3NO. The van der Waals surface area contributed by atoms with Crippen molar-refractivity contribution in [2.75, 3.05) is 6.54 Å². The summed E-state index contributed by atoms with van der Waals surface area (Å²) in [5.74, 6) is -1.91. The maximum absolute atomic E-state index is 11.3. The van der Waals surface area contributed by atoms with Crippen molar-refractivity contribution < 1.29 is 18.0 Å². The third-order valence-corrected chi connectivity index (χ3v) is 0.720. The zero-order chi connectivity index (χ0) is 8.20. The normalized spacial score (nSPS) is 11.2. The lowest BCUT2D eigenvalue weighted by molar-refractivity contribution is -0.173. The minimum absolute atomic E-state index is 0.0433. The Bertz CT molecular complexity index is 121. The van der Waals surface area contributed by atoms with Crippen molar-refractivity contribution in [1.82, 2.24) is 5.32 Å². The maximum Gasteiger partial charge on any atom is 0.471 e. The van der Waals surface area contributed by atoms with E-state index in [1.54, 1.807) is 5.32 Å². The van der Waals surface area contributed by atoms with Crippen LogP contribution in [-0.2, 0) is 4.79 Å². The van der Waals surface area contributed by atoms with E-state index in [0.29, 0.717) is 0 Å². The summed E-state index contributed by atoms with van der Waals surface area (Å²) in [5, 5.41) is 1.65. The number of nitrogens with one attached hydrogen (secondary N) is 1. The molecule has 10 heavy (non-hydrogen) atoms. The molecule has 0 aromatic heterocycles. The summed E-state index contributed by atoms with van der Waals surface area (Å²) in [4.78, 5) is 9.96. The van der Waals surface area contributed by atoms with E-state index in [9.17, 15) is 18.0 Å². The molecule has 1 amide bonds. The van der Waals surface area contributed by atoms with Crippen molar-refractivity contribution in [2.45, 2.75) is 12.6 Å². The monoisotopic (exact) mass is 154 g/mol. The molecule has 0 saturated heterocycles. The molecule has 1 N–H and O–H groups in total. The molecule has 0 aliphatic rings. The molecule has 0 heterocycles. The van der Waals surface area contributed by atoms with Gasteiger partial charge in [-0.05, 0) is 6.42 Å². The molecule has 2 nitrogen and oxygen atoms in total. The Morgan fingerprint density at radius 3 is 2.30 bits per heavy atom. The maximum atomic E-state index is 11.3. The fraction of sp³-hybridized carbons (Fsp3) is 0.600. The van der Waals surface area contributed by atoms with E-state index in [0.717, 1.165) is 0 Å². The third kappa shape index (κ3) is 3.32. The minimum Gasteiger partial charge on any atom is -0.348 e. The average molecular weight is 154 g/mol. The number of alkyl halides is 3. The zero-order valence-electron chi connectivity index (χ0n) is 5.16. The molecule has 0 unspecified atom stereocenters. The van der Waals surface area contributed by atoms with Gasteiger partial charge in [-0.1, -0.05) is 6.92 Å². The molecule has 0 aromatic rings. The molecule has 0 spiro atoms. The highest BCUT2D eigenvalue weighted by Gasteiger charge is 2.37. The second-order valence-corrected chi connectivity index (χ2v) is 1.61. The Morgan fingerprint density at radius 2 is 2.00 bits per heavy atom. The van der Waals surface area contributed by atoms with Crippen LogP contribution in [0.4, 0.5) is 13.2 Å². The Balaban J connectivity index is 3.64. The third-order valence-electron chi connectivity index (χ3n) is 0.720. The van der Waals surface area contributed by atoms with Crippen molar-refractivity contribution in [1.29, 1.82) is 0 Å². The Hall–Kier alpha value is -0.740. The van der Waals surface area contributed by atoms with Gasteiger partial charge in [-0.25, -0.2) is 0 Å². The van der Waals surface area contributed by atoms with Gasteiger partial charge in [-0.3, -0.25) is 4.79 Å². The van der Waals surface area contributed by atoms with Crippen LogP contribution >= 0.6 is 0 Å². The van der Waals surface area contributed by atoms with Crippen LogP contribution in [0.15, 0.2) is 0 Å². The van der Waals surface area contributed by atoms with Gasteiger partial charge in [0.25, 0.3) is 0 Å². The molecule has 0 fully saturated rings. The Kier molecular flexibility index (Phi) is 3.18. The fourth-order valence-corrected chi connectivity index (χ4v) is 0.302. The first-order chi connectivity index (χ1) is 4.48. The van der Waals surface area contributed by atoms with E-state index in [2.05, 4.69) is 6.92 Å². The van der Waals surface area contributed by atoms with Gasteiger partial charge in [-0.2, -0.15) is 13.2 Å². The second kappa shape index (κ2) is 3.43. The first kappa shape index (κ1) is 9.26. The van der Waals surface area contributed by atoms with Crippen molar-refractivity contribution in [3.8, 4) is 0 Å². The summed E-state index contributed by atoms with van der Waals surface area (Å²) < 4.78 is 34.0. The number of carbonyl (C=O) groups excluding carboxylic acids is 1. The van der Waals surface area contributed by atoms with Crippen LogP contribution < -0.4 is 5.32 Å². The van der Waals surface area contributed by atoms with E-state index in [4.69, 9.17) is 0 Å². The van der Waals surface area contributed by atoms with E-state index < -0.39 is 12.1 Å². The fourth-order valence-electron chi connectivity index (χ4n) is 0.302. The summed E-state index contributed by atoms with van der Waals surface area (Å²) in [6.45, 7) is 3.21. The van der Waals surface area contributed by atoms with Gasteiger partial charge in [0.05, 0.1) is 0 Å². The number of hydrogen-bond donors (Lipinski definition) is 1. The number of rotatable bonds is 2. The first-order valence-electron chi connectivity index (χ1n) is 2.62. The standard InChI is InChI=1S/C5H7F3NO/c1-2-3-9-4(10)5(6,7)8/h1-3H2,(H,9,10). The van der Waals surface area contributed by atoms with Crippen LogP contribution in [-0.4, -0.2) is 18.6 Å². The van der Waals surface area contributed by atoms with Gasteiger partial charge < -0.3 is 5.32 Å². The molecule has 1 radical (unpaired) electrons. The van der Waals surface area contributed by atoms with Crippen molar-refractivity contribution in [3.63, 3.8) is 0 Å². The second-order valence-electron chi connectivity index (χ2n) is 1.61.